The summed E-state index contributed by atoms with van der Waals surface area (Å²) >= 11 is 0. The van der Waals surface area contributed by atoms with Gasteiger partial charge in [0.15, 0.2) is 0 Å². The van der Waals surface area contributed by atoms with Crippen LogP contribution in [0.15, 0.2) is 30.3 Å². The van der Waals surface area contributed by atoms with Crippen LogP contribution in [0.1, 0.15) is 24.2 Å². The van der Waals surface area contributed by atoms with Crippen LogP contribution in [0.5, 0.6) is 5.75 Å². The van der Waals surface area contributed by atoms with E-state index in [1.165, 1.54) is 12.1 Å². The first kappa shape index (κ1) is 16.5. The van der Waals surface area contributed by atoms with Gasteiger partial charge in [-0.1, -0.05) is 6.07 Å². The largest absolute Gasteiger partial charge is 0.488 e. The highest BCUT2D eigenvalue weighted by molar-refractivity contribution is 5.76. The predicted octanol–water partition coefficient (Wildman–Crippen LogP) is 2.71. The molecule has 2 heterocycles. The van der Waals surface area contributed by atoms with E-state index in [0.29, 0.717) is 31.8 Å². The van der Waals surface area contributed by atoms with Crippen LogP contribution in [0.25, 0.3) is 0 Å². The molecule has 1 unspecified atom stereocenters. The van der Waals surface area contributed by atoms with Crippen LogP contribution < -0.4 is 4.74 Å². The fourth-order valence-electron chi connectivity index (χ4n) is 3.04. The van der Waals surface area contributed by atoms with Gasteiger partial charge in [0, 0.05) is 37.7 Å². The maximum absolute atomic E-state index is 13.2. The Balaban J connectivity index is 1.49. The van der Waals surface area contributed by atoms with E-state index in [4.69, 9.17) is 4.74 Å². The summed E-state index contributed by atoms with van der Waals surface area (Å²) < 4.78 is 20.8. The van der Waals surface area contributed by atoms with Crippen LogP contribution in [0.2, 0.25) is 0 Å². The molecule has 1 aromatic carbocycles. The quantitative estimate of drug-likeness (QED) is 0.846. The molecule has 1 aromatic heterocycles. The molecule has 0 bridgehead atoms. The monoisotopic (exact) mass is 331 g/mol. The first-order valence-corrected chi connectivity index (χ1v) is 8.22. The summed E-state index contributed by atoms with van der Waals surface area (Å²) in [5.74, 6) is 0.299. The van der Waals surface area contributed by atoms with E-state index < -0.39 is 0 Å². The van der Waals surface area contributed by atoms with Crippen LogP contribution in [0.4, 0.5) is 4.39 Å². The van der Waals surface area contributed by atoms with Crippen molar-refractivity contribution in [2.45, 2.75) is 39.3 Å². The third kappa shape index (κ3) is 3.93. The van der Waals surface area contributed by atoms with Crippen molar-refractivity contribution in [3.8, 4) is 5.75 Å². The Bertz CT molecular complexity index is 729. The number of hydrogen-bond donors (Lipinski definition) is 0. The van der Waals surface area contributed by atoms with Crippen molar-refractivity contribution in [3.63, 3.8) is 0 Å². The zero-order valence-electron chi connectivity index (χ0n) is 14.0. The lowest BCUT2D eigenvalue weighted by Crippen LogP contribution is -2.31. The Labute approximate surface area is 141 Å². The minimum Gasteiger partial charge on any atom is -0.488 e. The van der Waals surface area contributed by atoms with E-state index >= 15 is 0 Å². The number of rotatable bonds is 5. The van der Waals surface area contributed by atoms with E-state index in [1.807, 2.05) is 29.5 Å². The van der Waals surface area contributed by atoms with E-state index in [9.17, 15) is 9.18 Å². The SMILES string of the molecule is Cc1cc(C)n(CCC(=O)N2CCC(Oc3cccc(F)c3)C2)n1. The maximum Gasteiger partial charge on any atom is 0.224 e. The minimum absolute atomic E-state index is 0.0792. The number of benzene rings is 1. The van der Waals surface area contributed by atoms with Crippen molar-refractivity contribution in [1.29, 1.82) is 0 Å². The van der Waals surface area contributed by atoms with Gasteiger partial charge < -0.3 is 9.64 Å². The molecule has 6 heteroatoms. The highest BCUT2D eigenvalue weighted by atomic mass is 19.1. The number of ether oxygens (including phenoxy) is 1. The molecule has 5 nitrogen and oxygen atoms in total. The van der Waals surface area contributed by atoms with E-state index in [-0.39, 0.29) is 17.8 Å². The number of carbonyl (C=O) groups excluding carboxylic acids is 1. The topological polar surface area (TPSA) is 47.4 Å². The molecule has 0 aliphatic carbocycles. The summed E-state index contributed by atoms with van der Waals surface area (Å²) in [4.78, 5) is 14.2. The summed E-state index contributed by atoms with van der Waals surface area (Å²) in [5.41, 5.74) is 2.03. The molecular weight excluding hydrogens is 309 g/mol. The molecule has 0 saturated carbocycles. The number of amides is 1. The van der Waals surface area contributed by atoms with Crippen LogP contribution in [0, 0.1) is 19.7 Å². The van der Waals surface area contributed by atoms with Gasteiger partial charge in [0.2, 0.25) is 5.91 Å². The second-order valence-corrected chi connectivity index (χ2v) is 6.23. The zero-order valence-corrected chi connectivity index (χ0v) is 14.0. The van der Waals surface area contributed by atoms with Crippen molar-refractivity contribution < 1.29 is 13.9 Å². The van der Waals surface area contributed by atoms with E-state index in [2.05, 4.69) is 5.10 Å². The molecule has 128 valence electrons. The second-order valence-electron chi connectivity index (χ2n) is 6.23. The molecule has 0 radical (unpaired) electrons. The van der Waals surface area contributed by atoms with E-state index in [1.54, 1.807) is 12.1 Å². The number of likely N-dealkylation sites (tertiary alicyclic amines) is 1. The summed E-state index contributed by atoms with van der Waals surface area (Å²) in [6, 6.07) is 8.11. The number of carbonyl (C=O) groups is 1. The van der Waals surface area contributed by atoms with Gasteiger partial charge in [0.1, 0.15) is 17.7 Å². The van der Waals surface area contributed by atoms with Crippen molar-refractivity contribution >= 4 is 5.91 Å². The van der Waals surface area contributed by atoms with Gasteiger partial charge in [0.25, 0.3) is 0 Å². The molecule has 1 aliphatic heterocycles. The number of hydrogen-bond acceptors (Lipinski definition) is 3. The number of nitrogens with zero attached hydrogens (tertiary/aromatic N) is 3. The van der Waals surface area contributed by atoms with Crippen LogP contribution in [0.3, 0.4) is 0 Å². The van der Waals surface area contributed by atoms with Gasteiger partial charge in [0.05, 0.1) is 12.2 Å². The molecule has 0 N–H and O–H groups in total. The van der Waals surface area contributed by atoms with Crippen molar-refractivity contribution in [2.75, 3.05) is 13.1 Å². The number of halogens is 1. The second kappa shape index (κ2) is 7.03. The van der Waals surface area contributed by atoms with Crippen molar-refractivity contribution in [2.24, 2.45) is 0 Å². The lowest BCUT2D eigenvalue weighted by atomic mass is 10.3. The Morgan fingerprint density at radius 2 is 2.21 bits per heavy atom. The smallest absolute Gasteiger partial charge is 0.224 e. The third-order valence-corrected chi connectivity index (χ3v) is 4.24. The molecule has 3 rings (SSSR count). The van der Waals surface area contributed by atoms with Crippen molar-refractivity contribution in [3.05, 3.63) is 47.5 Å². The highest BCUT2D eigenvalue weighted by Gasteiger charge is 2.27. The standard InChI is InChI=1S/C18H22FN3O2/c1-13-10-14(2)22(20-13)9-7-18(23)21-8-6-17(12-21)24-16-5-3-4-15(19)11-16/h3-5,10-11,17H,6-9,12H2,1-2H3. The number of aryl methyl sites for hydroxylation is 3. The summed E-state index contributed by atoms with van der Waals surface area (Å²) in [7, 11) is 0. The van der Waals surface area contributed by atoms with Crippen molar-refractivity contribution in [1.82, 2.24) is 14.7 Å². The van der Waals surface area contributed by atoms with Gasteiger partial charge in [-0.3, -0.25) is 9.48 Å². The first-order valence-electron chi connectivity index (χ1n) is 8.22. The minimum atomic E-state index is -0.316. The highest BCUT2D eigenvalue weighted by Crippen LogP contribution is 2.20. The fourth-order valence-corrected chi connectivity index (χ4v) is 3.04. The van der Waals surface area contributed by atoms with Gasteiger partial charge in [-0.25, -0.2) is 4.39 Å². The molecule has 1 atom stereocenters. The fraction of sp³-hybridized carbons (Fsp3) is 0.444. The Hall–Kier alpha value is -2.37. The molecule has 1 amide bonds. The molecule has 1 fully saturated rings. The lowest BCUT2D eigenvalue weighted by Gasteiger charge is -2.17. The normalized spacial score (nSPS) is 17.3. The van der Waals surface area contributed by atoms with Gasteiger partial charge >= 0.3 is 0 Å². The Morgan fingerprint density at radius 3 is 2.92 bits per heavy atom. The first-order chi connectivity index (χ1) is 11.5. The predicted molar refractivity (Wildman–Crippen MR) is 88.3 cm³/mol. The Kier molecular flexibility index (Phi) is 4.83. The summed E-state index contributed by atoms with van der Waals surface area (Å²) in [6.45, 7) is 5.75. The van der Waals surface area contributed by atoms with Gasteiger partial charge in [-0.15, -0.1) is 0 Å². The number of aromatic nitrogens is 2. The molecule has 1 aliphatic rings. The van der Waals surface area contributed by atoms with Gasteiger partial charge in [-0.05, 0) is 32.0 Å². The Morgan fingerprint density at radius 1 is 1.38 bits per heavy atom. The van der Waals surface area contributed by atoms with Gasteiger partial charge in [-0.2, -0.15) is 5.10 Å². The van der Waals surface area contributed by atoms with Crippen LogP contribution in [-0.2, 0) is 11.3 Å². The lowest BCUT2D eigenvalue weighted by molar-refractivity contribution is -0.130. The molecular formula is C18H22FN3O2. The zero-order chi connectivity index (χ0) is 17.1. The van der Waals surface area contributed by atoms with E-state index in [0.717, 1.165) is 17.8 Å². The summed E-state index contributed by atoms with van der Waals surface area (Å²) in [6.07, 6.45) is 1.11. The third-order valence-electron chi connectivity index (χ3n) is 4.24. The average molecular weight is 331 g/mol. The maximum atomic E-state index is 13.2. The molecule has 1 saturated heterocycles. The molecule has 0 spiro atoms. The van der Waals surface area contributed by atoms with Crippen LogP contribution >= 0.6 is 0 Å². The average Bonchev–Trinajstić information content (AvgIpc) is 3.11. The molecule has 2 aromatic rings. The molecule has 24 heavy (non-hydrogen) atoms. The summed E-state index contributed by atoms with van der Waals surface area (Å²) in [5, 5.41) is 4.37. The van der Waals surface area contributed by atoms with Crippen LogP contribution in [-0.4, -0.2) is 39.8 Å².